The molecule has 7 nitrogen and oxygen atoms in total. The van der Waals surface area contributed by atoms with Gasteiger partial charge < -0.3 is 9.64 Å². The average Bonchev–Trinajstić information content (AvgIpc) is 3.63. The van der Waals surface area contributed by atoms with E-state index in [4.69, 9.17) is 33.0 Å². The van der Waals surface area contributed by atoms with E-state index in [1.807, 2.05) is 48.5 Å². The van der Waals surface area contributed by atoms with Crippen molar-refractivity contribution in [2.45, 2.75) is 38.1 Å². The lowest BCUT2D eigenvalue weighted by molar-refractivity contribution is -0.144. The first-order valence-corrected chi connectivity index (χ1v) is 14.2. The molecule has 38 heavy (non-hydrogen) atoms. The molecule has 5 rings (SSSR count). The van der Waals surface area contributed by atoms with E-state index in [0.29, 0.717) is 36.2 Å². The van der Waals surface area contributed by atoms with Crippen LogP contribution in [0, 0.1) is 5.92 Å². The predicted molar refractivity (Wildman–Crippen MR) is 149 cm³/mol. The Morgan fingerprint density at radius 3 is 2.37 bits per heavy atom. The molecule has 2 amide bonds. The predicted octanol–water partition coefficient (Wildman–Crippen LogP) is 5.02. The molecule has 202 valence electrons. The fraction of sp³-hybridized carbons (Fsp3) is 0.483. The number of nitrogens with zero attached hydrogens (tertiary/aromatic N) is 4. The summed E-state index contributed by atoms with van der Waals surface area (Å²) < 4.78 is 5.47. The molecular weight excluding hydrogens is 523 g/mol. The number of carbonyl (C=O) groups is 2. The van der Waals surface area contributed by atoms with Crippen molar-refractivity contribution in [1.29, 1.82) is 0 Å². The Labute approximate surface area is 234 Å². The second-order valence-corrected chi connectivity index (χ2v) is 11.0. The van der Waals surface area contributed by atoms with Crippen molar-refractivity contribution >= 4 is 40.7 Å². The number of morpholine rings is 1. The fourth-order valence-electron chi connectivity index (χ4n) is 5.61. The molecule has 0 bridgehead atoms. The number of halogens is 2. The summed E-state index contributed by atoms with van der Waals surface area (Å²) in [4.78, 5) is 31.5. The summed E-state index contributed by atoms with van der Waals surface area (Å²) in [5.74, 6) is -0.147. The standard InChI is InChI=1S/C29H34Cl2N4O3/c30-24-11-5-3-9-22(24)26-19-27(23-10-4-6-12-25(23)31)35(32-26)28(36)20-34(29(37)21-7-1-2-8-21)14-13-33-15-17-38-18-16-33/h3-6,9-12,21,27H,1-2,7-8,13-20H2/t27-/m0/s1. The third-order valence-electron chi connectivity index (χ3n) is 7.75. The van der Waals surface area contributed by atoms with Crippen molar-refractivity contribution in [3.63, 3.8) is 0 Å². The SMILES string of the molecule is O=C(C1CCCC1)N(CCN1CCOCC1)CC(=O)N1N=C(c2ccccc2Cl)C[C@H]1c1ccccc1Cl. The van der Waals surface area contributed by atoms with Crippen LogP contribution in [0.4, 0.5) is 0 Å². The number of amides is 2. The second-order valence-electron chi connectivity index (χ2n) is 10.2. The van der Waals surface area contributed by atoms with Crippen LogP contribution in [0.5, 0.6) is 0 Å². The van der Waals surface area contributed by atoms with Crippen LogP contribution in [-0.4, -0.2) is 78.3 Å². The van der Waals surface area contributed by atoms with E-state index in [1.165, 1.54) is 5.01 Å². The minimum Gasteiger partial charge on any atom is -0.379 e. The van der Waals surface area contributed by atoms with E-state index in [9.17, 15) is 9.59 Å². The van der Waals surface area contributed by atoms with E-state index in [0.717, 1.165) is 62.2 Å². The zero-order chi connectivity index (χ0) is 26.5. The van der Waals surface area contributed by atoms with Crippen molar-refractivity contribution in [2.75, 3.05) is 45.9 Å². The van der Waals surface area contributed by atoms with Crippen molar-refractivity contribution < 1.29 is 14.3 Å². The first-order valence-electron chi connectivity index (χ1n) is 13.5. The zero-order valence-electron chi connectivity index (χ0n) is 21.5. The maximum absolute atomic E-state index is 13.9. The van der Waals surface area contributed by atoms with E-state index >= 15 is 0 Å². The van der Waals surface area contributed by atoms with Gasteiger partial charge in [0.2, 0.25) is 5.91 Å². The summed E-state index contributed by atoms with van der Waals surface area (Å²) in [5.41, 5.74) is 2.36. The Balaban J connectivity index is 1.39. The third kappa shape index (κ3) is 6.23. The van der Waals surface area contributed by atoms with Gasteiger partial charge in [0.05, 0.1) is 25.0 Å². The number of hydrogen-bond acceptors (Lipinski definition) is 5. The lowest BCUT2D eigenvalue weighted by Gasteiger charge is -2.32. The van der Waals surface area contributed by atoms with Crippen LogP contribution in [-0.2, 0) is 14.3 Å². The molecule has 2 heterocycles. The Morgan fingerprint density at radius 1 is 0.974 bits per heavy atom. The van der Waals surface area contributed by atoms with Gasteiger partial charge in [-0.25, -0.2) is 5.01 Å². The first-order chi connectivity index (χ1) is 18.5. The highest BCUT2D eigenvalue weighted by molar-refractivity contribution is 6.34. The third-order valence-corrected chi connectivity index (χ3v) is 8.42. The Bertz CT molecular complexity index is 1180. The van der Waals surface area contributed by atoms with Gasteiger partial charge in [-0.15, -0.1) is 0 Å². The van der Waals surface area contributed by atoms with Crippen molar-refractivity contribution in [1.82, 2.24) is 14.8 Å². The first kappa shape index (κ1) is 27.1. The summed E-state index contributed by atoms with van der Waals surface area (Å²) in [6.07, 6.45) is 4.40. The molecule has 0 spiro atoms. The van der Waals surface area contributed by atoms with E-state index < -0.39 is 0 Å². The molecule has 0 radical (unpaired) electrons. The van der Waals surface area contributed by atoms with Gasteiger partial charge in [-0.2, -0.15) is 5.10 Å². The van der Waals surface area contributed by atoms with Gasteiger partial charge in [-0.1, -0.05) is 72.4 Å². The minimum atomic E-state index is -0.370. The molecule has 1 saturated carbocycles. The molecule has 1 atom stereocenters. The topological polar surface area (TPSA) is 65.5 Å². The van der Waals surface area contributed by atoms with E-state index in [1.54, 1.807) is 4.90 Å². The number of hydrogen-bond donors (Lipinski definition) is 0. The summed E-state index contributed by atoms with van der Waals surface area (Å²) in [5, 5.41) is 7.45. The average molecular weight is 558 g/mol. The summed E-state index contributed by atoms with van der Waals surface area (Å²) >= 11 is 13.1. The van der Waals surface area contributed by atoms with Crippen molar-refractivity contribution in [2.24, 2.45) is 11.0 Å². The highest BCUT2D eigenvalue weighted by Gasteiger charge is 2.37. The lowest BCUT2D eigenvalue weighted by atomic mass is 9.98. The van der Waals surface area contributed by atoms with Crippen LogP contribution in [0.3, 0.4) is 0 Å². The van der Waals surface area contributed by atoms with Crippen LogP contribution in [0.1, 0.15) is 49.3 Å². The molecule has 2 aromatic rings. The minimum absolute atomic E-state index is 0.00683. The molecule has 1 aliphatic carbocycles. The number of rotatable bonds is 8. The van der Waals surface area contributed by atoms with Crippen molar-refractivity contribution in [3.8, 4) is 0 Å². The maximum atomic E-state index is 13.9. The largest absolute Gasteiger partial charge is 0.379 e. The summed E-state index contributed by atoms with van der Waals surface area (Å²) in [6.45, 7) is 4.28. The zero-order valence-corrected chi connectivity index (χ0v) is 23.0. The Morgan fingerprint density at radius 2 is 1.66 bits per heavy atom. The molecule has 2 fully saturated rings. The molecule has 0 aromatic heterocycles. The van der Waals surface area contributed by atoms with Crippen LogP contribution in [0.2, 0.25) is 10.0 Å². The quantitative estimate of drug-likeness (QED) is 0.457. The summed E-state index contributed by atoms with van der Waals surface area (Å²) in [7, 11) is 0. The molecule has 1 saturated heterocycles. The number of ether oxygens (including phenoxy) is 1. The van der Waals surface area contributed by atoms with E-state index in [2.05, 4.69) is 4.90 Å². The van der Waals surface area contributed by atoms with Crippen LogP contribution in [0.25, 0.3) is 0 Å². The lowest BCUT2D eigenvalue weighted by Crippen LogP contribution is -2.48. The van der Waals surface area contributed by atoms with Gasteiger partial charge in [0.25, 0.3) is 5.91 Å². The van der Waals surface area contributed by atoms with Crippen LogP contribution >= 0.6 is 23.2 Å². The smallest absolute Gasteiger partial charge is 0.262 e. The van der Waals surface area contributed by atoms with Gasteiger partial charge in [-0.05, 0) is 30.5 Å². The second kappa shape index (κ2) is 12.6. The molecule has 0 N–H and O–H groups in total. The van der Waals surface area contributed by atoms with E-state index in [-0.39, 0.29) is 30.3 Å². The molecular formula is C29H34Cl2N4O3. The van der Waals surface area contributed by atoms with Gasteiger partial charge in [0.15, 0.2) is 0 Å². The van der Waals surface area contributed by atoms with Gasteiger partial charge >= 0.3 is 0 Å². The van der Waals surface area contributed by atoms with Gasteiger partial charge in [-0.3, -0.25) is 14.5 Å². The van der Waals surface area contributed by atoms with Gasteiger partial charge in [0, 0.05) is 54.1 Å². The molecule has 2 aromatic carbocycles. The highest BCUT2D eigenvalue weighted by atomic mass is 35.5. The fourth-order valence-corrected chi connectivity index (χ4v) is 6.11. The molecule has 0 unspecified atom stereocenters. The monoisotopic (exact) mass is 556 g/mol. The number of benzene rings is 2. The van der Waals surface area contributed by atoms with Crippen LogP contribution in [0.15, 0.2) is 53.6 Å². The highest BCUT2D eigenvalue weighted by Crippen LogP contribution is 2.37. The maximum Gasteiger partial charge on any atom is 0.262 e. The van der Waals surface area contributed by atoms with Gasteiger partial charge in [0.1, 0.15) is 6.54 Å². The number of hydrazone groups is 1. The number of carbonyl (C=O) groups excluding carboxylic acids is 2. The Kier molecular flexibility index (Phi) is 9.00. The molecule has 3 aliphatic rings. The summed E-state index contributed by atoms with van der Waals surface area (Å²) in [6, 6.07) is 14.7. The van der Waals surface area contributed by atoms with Crippen LogP contribution < -0.4 is 0 Å². The molecule has 9 heteroatoms. The molecule has 2 aliphatic heterocycles. The van der Waals surface area contributed by atoms with Crippen molar-refractivity contribution in [3.05, 3.63) is 69.7 Å². The normalized spacial score (nSPS) is 20.5. The Hall–Kier alpha value is -2.45.